The van der Waals surface area contributed by atoms with E-state index in [2.05, 4.69) is 30.7 Å². The summed E-state index contributed by atoms with van der Waals surface area (Å²) in [5.74, 6) is 1.58. The number of ether oxygens (including phenoxy) is 2. The lowest BCUT2D eigenvalue weighted by atomic mass is 10.1. The van der Waals surface area contributed by atoms with Gasteiger partial charge in [0.15, 0.2) is 5.82 Å². The molecule has 0 amide bonds. The number of rotatable bonds is 12. The van der Waals surface area contributed by atoms with E-state index in [0.717, 1.165) is 35.5 Å². The van der Waals surface area contributed by atoms with Crippen molar-refractivity contribution in [3.8, 4) is 17.1 Å². The van der Waals surface area contributed by atoms with Gasteiger partial charge in [-0.1, -0.05) is 52.2 Å². The predicted octanol–water partition coefficient (Wildman–Crippen LogP) is 6.66. The van der Waals surface area contributed by atoms with Crippen LogP contribution >= 0.6 is 0 Å². The summed E-state index contributed by atoms with van der Waals surface area (Å²) in [5, 5.41) is 0. The number of hydrogen-bond donors (Lipinski definition) is 0. The Morgan fingerprint density at radius 2 is 1.61 bits per heavy atom. The van der Waals surface area contributed by atoms with Gasteiger partial charge in [-0.15, -0.1) is 0 Å². The molecule has 0 saturated carbocycles. The van der Waals surface area contributed by atoms with Crippen LogP contribution < -0.4 is 4.74 Å². The molecule has 0 N–H and O–H groups in total. The second kappa shape index (κ2) is 12.7. The standard InChI is InChI=1S/C28H34N2O3/c1-4-6-7-8-23-17-29-27(30-18-23)24-13-15-26(16-14-24)32-20-22-9-11-25(12-10-22)28(31)33-19-21(3)5-2/h9-18,21H,4-8,19-20H2,1-3H3. The van der Waals surface area contributed by atoms with Crippen LogP contribution in [0.4, 0.5) is 0 Å². The molecule has 33 heavy (non-hydrogen) atoms. The summed E-state index contributed by atoms with van der Waals surface area (Å²) in [6.07, 6.45) is 9.49. The number of benzene rings is 2. The van der Waals surface area contributed by atoms with Gasteiger partial charge >= 0.3 is 5.97 Å². The molecule has 0 bridgehead atoms. The number of nitrogens with zero attached hydrogens (tertiary/aromatic N) is 2. The Hall–Kier alpha value is -3.21. The number of carbonyl (C=O) groups is 1. The average molecular weight is 447 g/mol. The van der Waals surface area contributed by atoms with Crippen LogP contribution in [-0.2, 0) is 17.8 Å². The van der Waals surface area contributed by atoms with E-state index in [1.54, 1.807) is 12.1 Å². The number of aryl methyl sites for hydroxylation is 1. The summed E-state index contributed by atoms with van der Waals surface area (Å²) >= 11 is 0. The number of hydrogen-bond acceptors (Lipinski definition) is 5. The van der Waals surface area contributed by atoms with Gasteiger partial charge in [-0.25, -0.2) is 14.8 Å². The normalized spacial score (nSPS) is 11.7. The minimum absolute atomic E-state index is 0.283. The second-order valence-electron chi connectivity index (χ2n) is 8.49. The molecule has 174 valence electrons. The average Bonchev–Trinajstić information content (AvgIpc) is 2.87. The second-order valence-corrected chi connectivity index (χ2v) is 8.49. The molecule has 0 spiro atoms. The first-order valence-corrected chi connectivity index (χ1v) is 11.9. The minimum Gasteiger partial charge on any atom is -0.489 e. The van der Waals surface area contributed by atoms with E-state index >= 15 is 0 Å². The summed E-state index contributed by atoms with van der Waals surface area (Å²) in [7, 11) is 0. The molecule has 1 heterocycles. The lowest BCUT2D eigenvalue weighted by Crippen LogP contribution is -2.11. The Labute approximate surface area is 197 Å². The third-order valence-corrected chi connectivity index (χ3v) is 5.68. The fourth-order valence-corrected chi connectivity index (χ4v) is 3.24. The number of carbonyl (C=O) groups excluding carboxylic acids is 1. The van der Waals surface area contributed by atoms with Gasteiger partial charge < -0.3 is 9.47 Å². The lowest BCUT2D eigenvalue weighted by Gasteiger charge is -2.10. The van der Waals surface area contributed by atoms with Crippen molar-refractivity contribution in [2.75, 3.05) is 6.61 Å². The maximum absolute atomic E-state index is 12.1. The Morgan fingerprint density at radius 3 is 2.24 bits per heavy atom. The van der Waals surface area contributed by atoms with E-state index in [-0.39, 0.29) is 5.97 Å². The van der Waals surface area contributed by atoms with Gasteiger partial charge in [-0.2, -0.15) is 0 Å². The highest BCUT2D eigenvalue weighted by Crippen LogP contribution is 2.20. The summed E-state index contributed by atoms with van der Waals surface area (Å²) in [4.78, 5) is 21.1. The molecule has 1 unspecified atom stereocenters. The van der Waals surface area contributed by atoms with Crippen LogP contribution in [0.2, 0.25) is 0 Å². The van der Waals surface area contributed by atoms with E-state index < -0.39 is 0 Å². The molecule has 0 saturated heterocycles. The van der Waals surface area contributed by atoms with Gasteiger partial charge in [-0.3, -0.25) is 0 Å². The fourth-order valence-electron chi connectivity index (χ4n) is 3.24. The highest BCUT2D eigenvalue weighted by atomic mass is 16.5. The van der Waals surface area contributed by atoms with Gasteiger partial charge in [0.2, 0.25) is 0 Å². The maximum atomic E-state index is 12.1. The third-order valence-electron chi connectivity index (χ3n) is 5.68. The summed E-state index contributed by atoms with van der Waals surface area (Å²) in [6, 6.07) is 15.1. The van der Waals surface area contributed by atoms with Crippen molar-refractivity contribution in [2.24, 2.45) is 5.92 Å². The predicted molar refractivity (Wildman–Crippen MR) is 131 cm³/mol. The number of esters is 1. The van der Waals surface area contributed by atoms with Gasteiger partial charge in [0.1, 0.15) is 12.4 Å². The van der Waals surface area contributed by atoms with E-state index in [1.807, 2.05) is 48.8 Å². The summed E-state index contributed by atoms with van der Waals surface area (Å²) in [5.41, 5.74) is 3.69. The largest absolute Gasteiger partial charge is 0.489 e. The molecule has 5 nitrogen and oxygen atoms in total. The molecule has 0 aliphatic carbocycles. The van der Waals surface area contributed by atoms with Gasteiger partial charge in [0.25, 0.3) is 0 Å². The summed E-state index contributed by atoms with van der Waals surface area (Å²) < 4.78 is 11.2. The zero-order chi connectivity index (χ0) is 23.5. The molecule has 0 aliphatic heterocycles. The maximum Gasteiger partial charge on any atom is 0.338 e. The topological polar surface area (TPSA) is 61.3 Å². The van der Waals surface area contributed by atoms with Crippen LogP contribution in [0, 0.1) is 5.92 Å². The molecule has 1 atom stereocenters. The fraction of sp³-hybridized carbons (Fsp3) is 0.393. The zero-order valence-corrected chi connectivity index (χ0v) is 19.9. The molecule has 1 aromatic heterocycles. The SMILES string of the molecule is CCCCCc1cnc(-c2ccc(OCc3ccc(C(=O)OCC(C)CC)cc3)cc2)nc1. The number of unbranched alkanes of at least 4 members (excludes halogenated alkanes) is 2. The highest BCUT2D eigenvalue weighted by molar-refractivity contribution is 5.89. The van der Waals surface area contributed by atoms with Gasteiger partial charge in [0.05, 0.1) is 12.2 Å². The minimum atomic E-state index is -0.283. The van der Waals surface area contributed by atoms with E-state index in [1.165, 1.54) is 24.8 Å². The van der Waals surface area contributed by atoms with Gasteiger partial charge in [-0.05, 0) is 66.3 Å². The molecule has 0 radical (unpaired) electrons. The Balaban J connectivity index is 1.49. The smallest absolute Gasteiger partial charge is 0.338 e. The molecule has 3 rings (SSSR count). The van der Waals surface area contributed by atoms with Crippen LogP contribution in [0.3, 0.4) is 0 Å². The van der Waals surface area contributed by atoms with Gasteiger partial charge in [0, 0.05) is 18.0 Å². The first-order chi connectivity index (χ1) is 16.1. The molecular formula is C28H34N2O3. The van der Waals surface area contributed by atoms with Crippen LogP contribution in [-0.4, -0.2) is 22.5 Å². The van der Waals surface area contributed by atoms with E-state index in [0.29, 0.717) is 24.7 Å². The number of aromatic nitrogens is 2. The summed E-state index contributed by atoms with van der Waals surface area (Å²) in [6.45, 7) is 7.23. The molecule has 5 heteroatoms. The first kappa shape index (κ1) is 24.4. The Kier molecular flexibility index (Phi) is 9.43. The van der Waals surface area contributed by atoms with Crippen LogP contribution in [0.15, 0.2) is 60.9 Å². The first-order valence-electron chi connectivity index (χ1n) is 11.9. The third kappa shape index (κ3) is 7.70. The zero-order valence-electron chi connectivity index (χ0n) is 19.9. The molecule has 3 aromatic rings. The molecule has 0 aliphatic rings. The van der Waals surface area contributed by atoms with Crippen molar-refractivity contribution in [3.63, 3.8) is 0 Å². The van der Waals surface area contributed by atoms with Crippen LogP contribution in [0.25, 0.3) is 11.4 Å². The van der Waals surface area contributed by atoms with Crippen molar-refractivity contribution < 1.29 is 14.3 Å². The highest BCUT2D eigenvalue weighted by Gasteiger charge is 2.09. The Morgan fingerprint density at radius 1 is 0.909 bits per heavy atom. The van der Waals surface area contributed by atoms with E-state index in [9.17, 15) is 4.79 Å². The molecule has 0 fully saturated rings. The molecular weight excluding hydrogens is 412 g/mol. The quantitative estimate of drug-likeness (QED) is 0.230. The van der Waals surface area contributed by atoms with Crippen molar-refractivity contribution >= 4 is 5.97 Å². The van der Waals surface area contributed by atoms with Crippen molar-refractivity contribution in [3.05, 3.63) is 77.6 Å². The van der Waals surface area contributed by atoms with Crippen LogP contribution in [0.1, 0.15) is 67.9 Å². The lowest BCUT2D eigenvalue weighted by molar-refractivity contribution is 0.0447. The molecule has 2 aromatic carbocycles. The monoisotopic (exact) mass is 446 g/mol. The van der Waals surface area contributed by atoms with E-state index in [4.69, 9.17) is 9.47 Å². The Bertz CT molecular complexity index is 983. The van der Waals surface area contributed by atoms with Crippen molar-refractivity contribution in [1.29, 1.82) is 0 Å². The van der Waals surface area contributed by atoms with Crippen molar-refractivity contribution in [1.82, 2.24) is 9.97 Å². The van der Waals surface area contributed by atoms with Crippen molar-refractivity contribution in [2.45, 2.75) is 59.5 Å². The van der Waals surface area contributed by atoms with Crippen LogP contribution in [0.5, 0.6) is 5.75 Å².